The zero-order chi connectivity index (χ0) is 8.77. The molecule has 0 amide bonds. The first-order valence-electron chi connectivity index (χ1n) is 4.48. The number of carbonyl (C=O) groups excluding carboxylic acids is 1. The molecule has 0 N–H and O–H groups in total. The molecule has 0 aromatic heterocycles. The highest BCUT2D eigenvalue weighted by molar-refractivity contribution is 5.93. The Hall–Kier alpha value is -0.630. The summed E-state index contributed by atoms with van der Waals surface area (Å²) in [4.78, 5) is 11.8. The molecular formula is C10H14O2. The second-order valence-electron chi connectivity index (χ2n) is 3.81. The van der Waals surface area contributed by atoms with Crippen molar-refractivity contribution in [3.8, 4) is 0 Å². The Morgan fingerprint density at radius 3 is 2.83 bits per heavy atom. The molecule has 12 heavy (non-hydrogen) atoms. The molecule has 2 heteroatoms. The number of rotatable bonds is 1. The Bertz CT molecular complexity index is 244. The van der Waals surface area contributed by atoms with Crippen LogP contribution in [0.25, 0.3) is 0 Å². The molecule has 0 aromatic rings. The van der Waals surface area contributed by atoms with E-state index in [0.717, 1.165) is 12.8 Å². The second kappa shape index (κ2) is 2.43. The predicted octanol–water partition coefficient (Wildman–Crippen LogP) is 1.56. The van der Waals surface area contributed by atoms with Crippen LogP contribution < -0.4 is 0 Å². The summed E-state index contributed by atoms with van der Waals surface area (Å²) in [7, 11) is 1.63. The topological polar surface area (TPSA) is 26.3 Å². The van der Waals surface area contributed by atoms with Crippen LogP contribution in [-0.4, -0.2) is 18.5 Å². The Labute approximate surface area is 72.6 Å². The molecular weight excluding hydrogens is 152 g/mol. The summed E-state index contributed by atoms with van der Waals surface area (Å²) in [5.74, 6) is 0.891. The average molecular weight is 166 g/mol. The Morgan fingerprint density at radius 1 is 1.67 bits per heavy atom. The van der Waals surface area contributed by atoms with Crippen LogP contribution >= 0.6 is 0 Å². The largest absolute Gasteiger partial charge is 0.366 e. The van der Waals surface area contributed by atoms with E-state index < -0.39 is 5.60 Å². The predicted molar refractivity (Wildman–Crippen MR) is 45.8 cm³/mol. The summed E-state index contributed by atoms with van der Waals surface area (Å²) in [5, 5.41) is 0. The highest BCUT2D eigenvalue weighted by Crippen LogP contribution is 2.41. The van der Waals surface area contributed by atoms with Gasteiger partial charge in [0.25, 0.3) is 0 Å². The fraction of sp³-hybridized carbons (Fsp3) is 0.700. The van der Waals surface area contributed by atoms with Gasteiger partial charge in [0.1, 0.15) is 5.60 Å². The summed E-state index contributed by atoms with van der Waals surface area (Å²) in [5.41, 5.74) is -0.561. The van der Waals surface area contributed by atoms with Crippen LogP contribution in [0.4, 0.5) is 0 Å². The van der Waals surface area contributed by atoms with Crippen molar-refractivity contribution < 1.29 is 9.53 Å². The van der Waals surface area contributed by atoms with Crippen LogP contribution in [0.1, 0.15) is 19.8 Å². The molecule has 3 atom stereocenters. The highest BCUT2D eigenvalue weighted by atomic mass is 16.5. The van der Waals surface area contributed by atoms with Gasteiger partial charge in [0.05, 0.1) is 0 Å². The molecule has 0 aliphatic heterocycles. The average Bonchev–Trinajstić information content (AvgIpc) is 2.14. The number of hydrogen-bond donors (Lipinski definition) is 0. The number of ether oxygens (including phenoxy) is 1. The van der Waals surface area contributed by atoms with Gasteiger partial charge in [-0.05, 0) is 24.8 Å². The lowest BCUT2D eigenvalue weighted by atomic mass is 9.66. The van der Waals surface area contributed by atoms with Crippen molar-refractivity contribution in [3.05, 3.63) is 12.2 Å². The number of hydrogen-bond acceptors (Lipinski definition) is 2. The van der Waals surface area contributed by atoms with Gasteiger partial charge in [0, 0.05) is 13.0 Å². The number of Topliss-reactive ketones (excluding diaryl/α,β-unsaturated/α-hetero) is 1. The number of allylic oxidation sites excluding steroid dienone is 1. The maximum atomic E-state index is 11.8. The fourth-order valence-corrected chi connectivity index (χ4v) is 2.31. The highest BCUT2D eigenvalue weighted by Gasteiger charge is 2.48. The molecule has 3 rings (SSSR count). The van der Waals surface area contributed by atoms with Crippen LogP contribution in [0.15, 0.2) is 12.2 Å². The molecule has 1 fully saturated rings. The zero-order valence-corrected chi connectivity index (χ0v) is 7.54. The second-order valence-corrected chi connectivity index (χ2v) is 3.81. The third kappa shape index (κ3) is 0.816. The van der Waals surface area contributed by atoms with Gasteiger partial charge < -0.3 is 4.74 Å². The number of carbonyl (C=O) groups is 1. The van der Waals surface area contributed by atoms with E-state index in [1.807, 2.05) is 13.0 Å². The maximum Gasteiger partial charge on any atom is 0.171 e. The monoisotopic (exact) mass is 166 g/mol. The summed E-state index contributed by atoms with van der Waals surface area (Å²) >= 11 is 0. The normalized spacial score (nSPS) is 45.3. The molecule has 2 nitrogen and oxygen atoms in total. The van der Waals surface area contributed by atoms with Gasteiger partial charge in [-0.1, -0.05) is 13.0 Å². The third-order valence-corrected chi connectivity index (χ3v) is 3.30. The van der Waals surface area contributed by atoms with Crippen molar-refractivity contribution in [1.29, 1.82) is 0 Å². The molecule has 3 aliphatic carbocycles. The summed E-state index contributed by atoms with van der Waals surface area (Å²) in [6.45, 7) is 2.00. The molecule has 0 heterocycles. The minimum atomic E-state index is -0.561. The van der Waals surface area contributed by atoms with E-state index in [9.17, 15) is 4.79 Å². The first-order valence-corrected chi connectivity index (χ1v) is 4.48. The smallest absolute Gasteiger partial charge is 0.171 e. The van der Waals surface area contributed by atoms with Crippen LogP contribution in [-0.2, 0) is 9.53 Å². The lowest BCUT2D eigenvalue weighted by Crippen LogP contribution is -2.51. The first-order chi connectivity index (χ1) is 5.69. The number of methoxy groups -OCH3 is 1. The minimum Gasteiger partial charge on any atom is -0.366 e. The van der Waals surface area contributed by atoms with E-state index in [1.54, 1.807) is 7.11 Å². The molecule has 0 saturated heterocycles. The quantitative estimate of drug-likeness (QED) is 0.552. The summed E-state index contributed by atoms with van der Waals surface area (Å²) in [6.07, 6.45) is 6.05. The van der Waals surface area contributed by atoms with E-state index >= 15 is 0 Å². The van der Waals surface area contributed by atoms with E-state index in [1.165, 1.54) is 0 Å². The lowest BCUT2D eigenvalue weighted by Gasteiger charge is -2.42. The van der Waals surface area contributed by atoms with Crippen molar-refractivity contribution in [2.24, 2.45) is 11.8 Å². The van der Waals surface area contributed by atoms with Gasteiger partial charge in [-0.25, -0.2) is 0 Å². The van der Waals surface area contributed by atoms with Gasteiger partial charge in [-0.2, -0.15) is 0 Å². The Balaban J connectivity index is 2.40. The van der Waals surface area contributed by atoms with Crippen molar-refractivity contribution in [3.63, 3.8) is 0 Å². The molecule has 0 radical (unpaired) electrons. The van der Waals surface area contributed by atoms with Crippen molar-refractivity contribution in [1.82, 2.24) is 0 Å². The van der Waals surface area contributed by atoms with Crippen LogP contribution in [0.3, 0.4) is 0 Å². The van der Waals surface area contributed by atoms with Gasteiger partial charge in [-0.15, -0.1) is 0 Å². The van der Waals surface area contributed by atoms with Crippen LogP contribution in [0.5, 0.6) is 0 Å². The molecule has 2 bridgehead atoms. The van der Waals surface area contributed by atoms with E-state index in [0.29, 0.717) is 5.92 Å². The Morgan fingerprint density at radius 2 is 2.42 bits per heavy atom. The SMILES string of the molecule is CO[C@]12C=C[C@H](CC1)C(C)C2=O. The first kappa shape index (κ1) is 7.99. The van der Waals surface area contributed by atoms with E-state index in [-0.39, 0.29) is 11.7 Å². The zero-order valence-electron chi connectivity index (χ0n) is 7.54. The third-order valence-electron chi connectivity index (χ3n) is 3.30. The van der Waals surface area contributed by atoms with Gasteiger partial charge in [0.2, 0.25) is 0 Å². The molecule has 1 unspecified atom stereocenters. The molecule has 3 aliphatic rings. The van der Waals surface area contributed by atoms with Gasteiger partial charge in [0.15, 0.2) is 5.78 Å². The Kier molecular flexibility index (Phi) is 1.62. The number of ketones is 1. The molecule has 0 aromatic carbocycles. The van der Waals surface area contributed by atoms with E-state index in [4.69, 9.17) is 4.74 Å². The summed E-state index contributed by atoms with van der Waals surface area (Å²) < 4.78 is 5.31. The molecule has 0 spiro atoms. The van der Waals surface area contributed by atoms with Crippen LogP contribution in [0, 0.1) is 11.8 Å². The van der Waals surface area contributed by atoms with Crippen molar-refractivity contribution >= 4 is 5.78 Å². The van der Waals surface area contributed by atoms with Crippen LogP contribution in [0.2, 0.25) is 0 Å². The standard InChI is InChI=1S/C10H14O2/c1-7-8-3-5-10(12-2,6-4-8)9(7)11/h3,5,7-8H,4,6H2,1-2H3/t7?,8-,10-/m1/s1. The van der Waals surface area contributed by atoms with Gasteiger partial charge >= 0.3 is 0 Å². The van der Waals surface area contributed by atoms with Crippen molar-refractivity contribution in [2.45, 2.75) is 25.4 Å². The molecule has 66 valence electrons. The lowest BCUT2D eigenvalue weighted by molar-refractivity contribution is -0.147. The maximum absolute atomic E-state index is 11.8. The minimum absolute atomic E-state index is 0.156. The molecule has 1 saturated carbocycles. The number of fused-ring (bicyclic) bond motifs is 2. The van der Waals surface area contributed by atoms with E-state index in [2.05, 4.69) is 6.08 Å². The van der Waals surface area contributed by atoms with Crippen molar-refractivity contribution in [2.75, 3.05) is 7.11 Å². The fourth-order valence-electron chi connectivity index (χ4n) is 2.31. The summed E-state index contributed by atoms with van der Waals surface area (Å²) in [6, 6.07) is 0. The van der Waals surface area contributed by atoms with Gasteiger partial charge in [-0.3, -0.25) is 4.79 Å².